The number of benzene rings is 1. The number of nitroso groups, excluding NO2 is 1. The Labute approximate surface area is 189 Å². The zero-order valence-corrected chi connectivity index (χ0v) is 18.6. The summed E-state index contributed by atoms with van der Waals surface area (Å²) in [5, 5.41) is 13.3. The molecule has 0 radical (unpaired) electrons. The third-order valence-corrected chi connectivity index (χ3v) is 6.49. The van der Waals surface area contributed by atoms with E-state index in [0.717, 1.165) is 5.56 Å². The van der Waals surface area contributed by atoms with Crippen LogP contribution in [-0.2, 0) is 25.6 Å². The molecule has 2 amide bonds. The Morgan fingerprint density at radius 3 is 2.59 bits per heavy atom. The van der Waals surface area contributed by atoms with E-state index in [4.69, 9.17) is 4.84 Å². The largest absolute Gasteiger partial charge is 0.477 e. The van der Waals surface area contributed by atoms with E-state index in [9.17, 15) is 24.4 Å². The molecule has 11 nitrogen and oxygen atoms in total. The maximum Gasteiger partial charge on any atom is 0.352 e. The molecular weight excluding hydrogens is 438 g/mol. The van der Waals surface area contributed by atoms with Gasteiger partial charge in [-0.2, -0.15) is 0 Å². The normalized spacial score (nSPS) is 19.7. The molecule has 0 aromatic heterocycles. The summed E-state index contributed by atoms with van der Waals surface area (Å²) >= 11 is 1.34. The predicted molar refractivity (Wildman–Crippen MR) is 115 cm³/mol. The van der Waals surface area contributed by atoms with Gasteiger partial charge in [-0.25, -0.2) is 9.63 Å². The van der Waals surface area contributed by atoms with Crippen molar-refractivity contribution in [2.45, 2.75) is 31.7 Å². The second-order valence-corrected chi connectivity index (χ2v) is 8.27. The van der Waals surface area contributed by atoms with Crippen molar-refractivity contribution in [3.05, 3.63) is 52.1 Å². The number of hydrazine groups is 2. The van der Waals surface area contributed by atoms with Gasteiger partial charge in [0.25, 0.3) is 10.9 Å². The van der Waals surface area contributed by atoms with E-state index in [1.54, 1.807) is 0 Å². The minimum Gasteiger partial charge on any atom is -0.477 e. The molecule has 0 bridgehead atoms. The fourth-order valence-electron chi connectivity index (χ4n) is 3.51. The second-order valence-electron chi connectivity index (χ2n) is 7.17. The van der Waals surface area contributed by atoms with Gasteiger partial charge >= 0.3 is 5.97 Å². The van der Waals surface area contributed by atoms with Crippen LogP contribution >= 0.6 is 11.8 Å². The van der Waals surface area contributed by atoms with Crippen molar-refractivity contribution < 1.29 is 29.3 Å². The third kappa shape index (κ3) is 5.02. The number of thioether (sulfide) groups is 1. The summed E-state index contributed by atoms with van der Waals surface area (Å²) < 4.78 is 0. The number of carbonyl (C=O) groups excluding carboxylic acids is 2. The van der Waals surface area contributed by atoms with Gasteiger partial charge in [0.2, 0.25) is 5.91 Å². The number of rotatable bonds is 11. The van der Waals surface area contributed by atoms with Crippen LogP contribution in [0.5, 0.6) is 0 Å². The van der Waals surface area contributed by atoms with E-state index < -0.39 is 23.3 Å². The van der Waals surface area contributed by atoms with Crippen LogP contribution in [0, 0.1) is 4.91 Å². The Hall–Kier alpha value is -3.12. The zero-order valence-electron chi connectivity index (χ0n) is 17.8. The van der Waals surface area contributed by atoms with Crippen LogP contribution in [0.25, 0.3) is 0 Å². The fraction of sp³-hybridized carbons (Fsp3) is 0.450. The van der Waals surface area contributed by atoms with E-state index in [-0.39, 0.29) is 30.4 Å². The van der Waals surface area contributed by atoms with Crippen molar-refractivity contribution in [2.75, 3.05) is 25.4 Å². The number of aliphatic carboxylic acids is 1. The average molecular weight is 465 g/mol. The first-order valence-electron chi connectivity index (χ1n) is 10.2. The smallest absolute Gasteiger partial charge is 0.352 e. The van der Waals surface area contributed by atoms with E-state index >= 15 is 0 Å². The molecule has 1 saturated heterocycles. The van der Waals surface area contributed by atoms with Gasteiger partial charge < -0.3 is 10.4 Å². The molecule has 2 unspecified atom stereocenters. The number of nitrogens with zero attached hydrogens (tertiary/aromatic N) is 3. The molecule has 3 N–H and O–H groups in total. The number of nitrogens with one attached hydrogen (secondary N) is 2. The van der Waals surface area contributed by atoms with Gasteiger partial charge in [-0.15, -0.1) is 16.8 Å². The molecule has 172 valence electrons. The summed E-state index contributed by atoms with van der Waals surface area (Å²) in [4.78, 5) is 55.5. The minimum atomic E-state index is -1.26. The van der Waals surface area contributed by atoms with Crippen LogP contribution in [0.4, 0.5) is 0 Å². The van der Waals surface area contributed by atoms with Crippen LogP contribution in [0.15, 0.2) is 41.6 Å². The quantitative estimate of drug-likeness (QED) is 0.242. The summed E-state index contributed by atoms with van der Waals surface area (Å²) in [5.41, 5.74) is 3.22. The molecular formula is C20H26N5O6S+. The zero-order chi connectivity index (χ0) is 23.3. The van der Waals surface area contributed by atoms with Crippen LogP contribution in [-0.4, -0.2) is 74.6 Å². The first-order chi connectivity index (χ1) is 15.4. The highest BCUT2D eigenvalue weighted by Gasteiger charge is 2.54. The molecule has 32 heavy (non-hydrogen) atoms. The Kier molecular flexibility index (Phi) is 7.70. The minimum absolute atomic E-state index is 0.132. The predicted octanol–water partition coefficient (Wildman–Crippen LogP) is 0.440. The molecule has 1 aromatic carbocycles. The fourth-order valence-corrected chi connectivity index (χ4v) is 4.84. The van der Waals surface area contributed by atoms with Crippen LogP contribution in [0.2, 0.25) is 0 Å². The van der Waals surface area contributed by atoms with Crippen molar-refractivity contribution in [1.82, 2.24) is 20.8 Å². The summed E-state index contributed by atoms with van der Waals surface area (Å²) in [7, 11) is 0. The lowest BCUT2D eigenvalue weighted by molar-refractivity contribution is -0.787. The first-order valence-corrected chi connectivity index (χ1v) is 11.2. The monoisotopic (exact) mass is 464 g/mol. The number of fused-ring (bicyclic) bond motifs is 1. The molecule has 1 aromatic rings. The summed E-state index contributed by atoms with van der Waals surface area (Å²) in [5.74, 6) is -1.77. The Bertz CT molecular complexity index is 920. The molecule has 2 heterocycles. The lowest BCUT2D eigenvalue weighted by Gasteiger charge is -2.49. The highest BCUT2D eigenvalue weighted by Crippen LogP contribution is 2.40. The summed E-state index contributed by atoms with van der Waals surface area (Å²) in [6.45, 7) is 4.37. The molecule has 2 aliphatic heterocycles. The van der Waals surface area contributed by atoms with Gasteiger partial charge in [-0.3, -0.25) is 14.5 Å². The number of carboxylic acid groups (broad SMARTS) is 1. The van der Waals surface area contributed by atoms with Crippen molar-refractivity contribution in [3.63, 3.8) is 0 Å². The number of β-lactam (4-membered cyclic amide) rings is 1. The SMILES string of the molecule is CCN(CC)[N+](=O)NOCC1=C(C(=O)O)N2C(=O)C(NC(=O)Cc3ccccc3)C2SC1. The lowest BCUT2D eigenvalue weighted by atomic mass is 10.0. The van der Waals surface area contributed by atoms with Crippen LogP contribution < -0.4 is 10.9 Å². The highest BCUT2D eigenvalue weighted by atomic mass is 32.2. The molecule has 2 atom stereocenters. The number of carbonyl (C=O) groups is 3. The van der Waals surface area contributed by atoms with Crippen molar-refractivity contribution in [1.29, 1.82) is 0 Å². The average Bonchev–Trinajstić information content (AvgIpc) is 2.78. The van der Waals surface area contributed by atoms with E-state index in [0.29, 0.717) is 23.6 Å². The molecule has 3 rings (SSSR count). The molecule has 0 spiro atoms. The standard InChI is InChI=1S/C20H25N5O6S/c1-3-23(4-2)25(30)22-31-11-14-12-32-19-16(18(27)24(19)17(14)20(28)29)21-15(26)10-13-8-6-5-7-9-13/h5-9,16,19H,3-4,10-12H2,1-2H3,(H2-,21,22,26,28,29,30)/p+1. The topological polar surface area (TPSA) is 131 Å². The van der Waals surface area contributed by atoms with Crippen LogP contribution in [0.1, 0.15) is 19.4 Å². The number of hydrogen-bond acceptors (Lipinski definition) is 6. The van der Waals surface area contributed by atoms with E-state index in [1.807, 2.05) is 44.2 Å². The van der Waals surface area contributed by atoms with Crippen LogP contribution in [0.3, 0.4) is 0 Å². The molecule has 0 saturated carbocycles. The van der Waals surface area contributed by atoms with Gasteiger partial charge in [0, 0.05) is 11.3 Å². The summed E-state index contributed by atoms with van der Waals surface area (Å²) in [6, 6.07) is 8.35. The Morgan fingerprint density at radius 2 is 1.97 bits per heavy atom. The van der Waals surface area contributed by atoms with Crippen molar-refractivity contribution in [2.24, 2.45) is 0 Å². The number of carboxylic acids is 1. The molecule has 0 aliphatic carbocycles. The van der Waals surface area contributed by atoms with E-state index in [1.165, 1.54) is 21.7 Å². The van der Waals surface area contributed by atoms with Crippen molar-refractivity contribution >= 4 is 29.5 Å². The highest BCUT2D eigenvalue weighted by molar-refractivity contribution is 8.00. The third-order valence-electron chi connectivity index (χ3n) is 5.15. The van der Waals surface area contributed by atoms with Gasteiger partial charge in [-0.05, 0) is 25.0 Å². The second kappa shape index (κ2) is 10.5. The Balaban J connectivity index is 1.61. The first kappa shape index (κ1) is 23.5. The summed E-state index contributed by atoms with van der Waals surface area (Å²) in [6.07, 6.45) is 0.132. The molecule has 1 fully saturated rings. The Morgan fingerprint density at radius 1 is 1.28 bits per heavy atom. The van der Waals surface area contributed by atoms with Gasteiger partial charge in [-0.1, -0.05) is 30.3 Å². The maximum absolute atomic E-state index is 12.7. The maximum atomic E-state index is 12.7. The molecule has 12 heteroatoms. The van der Waals surface area contributed by atoms with Crippen molar-refractivity contribution in [3.8, 4) is 0 Å². The lowest BCUT2D eigenvalue weighted by Crippen LogP contribution is -2.70. The molecule has 2 aliphatic rings. The van der Waals surface area contributed by atoms with Gasteiger partial charge in [0.05, 0.1) is 24.4 Å². The van der Waals surface area contributed by atoms with Gasteiger partial charge in [0.15, 0.2) is 0 Å². The number of hydrogen-bond donors (Lipinski definition) is 3. The number of amides is 2. The van der Waals surface area contributed by atoms with Gasteiger partial charge in [0.1, 0.15) is 23.7 Å². The van der Waals surface area contributed by atoms with E-state index in [2.05, 4.69) is 10.9 Å².